The summed E-state index contributed by atoms with van der Waals surface area (Å²) in [5.74, 6) is -0.638. The van der Waals surface area contributed by atoms with Crippen LogP contribution < -0.4 is 10.7 Å². The highest BCUT2D eigenvalue weighted by Gasteiger charge is 2.10. The molecule has 0 unspecified atom stereocenters. The van der Waals surface area contributed by atoms with Gasteiger partial charge in [-0.05, 0) is 54.4 Å². The van der Waals surface area contributed by atoms with Crippen LogP contribution in [0.25, 0.3) is 0 Å². The first kappa shape index (κ1) is 22.0. The number of phenols is 1. The van der Waals surface area contributed by atoms with E-state index in [-0.39, 0.29) is 11.7 Å². The molecule has 0 bridgehead atoms. The number of hydrogen-bond donors (Lipinski definition) is 3. The molecule has 3 aromatic carbocycles. The third-order valence-electron chi connectivity index (χ3n) is 4.35. The lowest BCUT2D eigenvalue weighted by molar-refractivity contribution is 0.0953. The minimum absolute atomic E-state index is 0.0951. The van der Waals surface area contributed by atoms with Gasteiger partial charge in [-0.3, -0.25) is 9.59 Å². The molecule has 3 aromatic rings. The van der Waals surface area contributed by atoms with Crippen molar-refractivity contribution in [1.82, 2.24) is 5.43 Å². The molecule has 0 heterocycles. The van der Waals surface area contributed by atoms with Crippen molar-refractivity contribution in [2.45, 2.75) is 6.42 Å². The van der Waals surface area contributed by atoms with Gasteiger partial charge in [0.05, 0.1) is 6.21 Å². The van der Waals surface area contributed by atoms with Crippen LogP contribution in [0, 0.1) is 0 Å². The van der Waals surface area contributed by atoms with E-state index in [2.05, 4.69) is 38.4 Å². The molecule has 3 N–H and O–H groups in total. The molecule has 2 amide bonds. The van der Waals surface area contributed by atoms with Gasteiger partial charge in [0.2, 0.25) is 0 Å². The molecule has 0 saturated carbocycles. The van der Waals surface area contributed by atoms with Crippen molar-refractivity contribution >= 4 is 39.6 Å². The average molecular weight is 478 g/mol. The molecule has 6 nitrogen and oxygen atoms in total. The summed E-state index contributed by atoms with van der Waals surface area (Å²) < 4.78 is 0.798. The maximum Gasteiger partial charge on any atom is 0.271 e. The Morgan fingerprint density at radius 1 is 1.00 bits per heavy atom. The van der Waals surface area contributed by atoms with Crippen LogP contribution in [0.3, 0.4) is 0 Å². The number of allylic oxidation sites excluding steroid dienone is 1. The first-order chi connectivity index (χ1) is 15.0. The lowest BCUT2D eigenvalue weighted by Crippen LogP contribution is -2.18. The summed E-state index contributed by atoms with van der Waals surface area (Å²) >= 11 is 3.34. The number of phenolic OH excluding ortho intramolecular Hbond substituents is 1. The highest BCUT2D eigenvalue weighted by molar-refractivity contribution is 9.10. The Morgan fingerprint density at radius 3 is 2.45 bits per heavy atom. The van der Waals surface area contributed by atoms with Gasteiger partial charge in [-0.15, -0.1) is 6.58 Å². The second-order valence-electron chi connectivity index (χ2n) is 6.59. The first-order valence-electron chi connectivity index (χ1n) is 9.40. The number of benzene rings is 3. The zero-order chi connectivity index (χ0) is 22.2. The Labute approximate surface area is 188 Å². The van der Waals surface area contributed by atoms with E-state index >= 15 is 0 Å². The zero-order valence-electron chi connectivity index (χ0n) is 16.5. The summed E-state index contributed by atoms with van der Waals surface area (Å²) in [6.45, 7) is 3.66. The number of nitrogens with one attached hydrogen (secondary N) is 2. The van der Waals surface area contributed by atoms with Gasteiger partial charge >= 0.3 is 0 Å². The van der Waals surface area contributed by atoms with E-state index in [0.29, 0.717) is 28.8 Å². The van der Waals surface area contributed by atoms with Crippen LogP contribution in [0.4, 0.5) is 5.69 Å². The average Bonchev–Trinajstić information content (AvgIpc) is 2.76. The zero-order valence-corrected chi connectivity index (χ0v) is 18.1. The molecule has 0 aliphatic heterocycles. The third kappa shape index (κ3) is 5.90. The van der Waals surface area contributed by atoms with Crippen molar-refractivity contribution in [2.75, 3.05) is 5.32 Å². The van der Waals surface area contributed by atoms with Gasteiger partial charge in [-0.25, -0.2) is 5.43 Å². The second-order valence-corrected chi connectivity index (χ2v) is 7.51. The fraction of sp³-hybridized carbons (Fsp3) is 0.0417. The van der Waals surface area contributed by atoms with Crippen molar-refractivity contribution in [3.63, 3.8) is 0 Å². The highest BCUT2D eigenvalue weighted by Crippen LogP contribution is 2.21. The summed E-state index contributed by atoms with van der Waals surface area (Å²) in [6.07, 6.45) is 3.59. The molecule has 3 rings (SSSR count). The van der Waals surface area contributed by atoms with Crippen molar-refractivity contribution in [1.29, 1.82) is 0 Å². The van der Waals surface area contributed by atoms with E-state index in [1.54, 1.807) is 66.7 Å². The molecule has 0 aromatic heterocycles. The predicted octanol–water partition coefficient (Wildman–Crippen LogP) is 4.90. The standard InChI is InChI=1S/C24H20BrN3O3/c1-2-6-16-7-3-10-19(22(16)29)15-26-28-24(31)18-9-5-12-21(14-18)27-23(30)17-8-4-11-20(25)13-17/h2-5,7-15,29H,1,6H2,(H,27,30)(H,28,31)/b26-15+. The number of hydrazone groups is 1. The van der Waals surface area contributed by atoms with E-state index < -0.39 is 5.91 Å². The van der Waals surface area contributed by atoms with Gasteiger partial charge in [-0.2, -0.15) is 5.10 Å². The normalized spacial score (nSPS) is 10.6. The molecule has 7 heteroatoms. The number of para-hydroxylation sites is 1. The largest absolute Gasteiger partial charge is 0.507 e. The summed E-state index contributed by atoms with van der Waals surface area (Å²) in [4.78, 5) is 24.8. The van der Waals surface area contributed by atoms with Gasteiger partial charge in [0.25, 0.3) is 11.8 Å². The summed E-state index contributed by atoms with van der Waals surface area (Å²) in [6, 6.07) is 18.8. The number of hydrogen-bond acceptors (Lipinski definition) is 4. The van der Waals surface area contributed by atoms with Crippen LogP contribution in [0.5, 0.6) is 5.75 Å². The molecule has 0 spiro atoms. The predicted molar refractivity (Wildman–Crippen MR) is 126 cm³/mol. The smallest absolute Gasteiger partial charge is 0.271 e. The van der Waals surface area contributed by atoms with Gasteiger partial charge in [0, 0.05) is 26.9 Å². The SMILES string of the molecule is C=CCc1cccc(/C=N/NC(=O)c2cccc(NC(=O)c3cccc(Br)c3)c2)c1O. The van der Waals surface area contributed by atoms with Crippen molar-refractivity contribution in [2.24, 2.45) is 5.10 Å². The number of nitrogens with zero attached hydrogens (tertiary/aromatic N) is 1. The summed E-state index contributed by atoms with van der Waals surface area (Å²) in [7, 11) is 0. The molecular weight excluding hydrogens is 458 g/mol. The summed E-state index contributed by atoms with van der Waals surface area (Å²) in [5.41, 5.74) is 4.93. The number of halogens is 1. The second kappa shape index (κ2) is 10.4. The van der Waals surface area contributed by atoms with Crippen molar-refractivity contribution in [3.05, 3.63) is 106 Å². The Hall–Kier alpha value is -3.71. The van der Waals surface area contributed by atoms with Crippen LogP contribution >= 0.6 is 15.9 Å². The highest BCUT2D eigenvalue weighted by atomic mass is 79.9. The van der Waals surface area contributed by atoms with Gasteiger partial charge < -0.3 is 10.4 Å². The lowest BCUT2D eigenvalue weighted by Gasteiger charge is -2.07. The lowest BCUT2D eigenvalue weighted by atomic mass is 10.1. The maximum atomic E-state index is 12.4. The van der Waals surface area contributed by atoms with E-state index in [1.165, 1.54) is 6.21 Å². The molecule has 0 fully saturated rings. The topological polar surface area (TPSA) is 90.8 Å². The number of carbonyl (C=O) groups is 2. The van der Waals surface area contributed by atoms with Crippen molar-refractivity contribution in [3.8, 4) is 5.75 Å². The monoisotopic (exact) mass is 477 g/mol. The van der Waals surface area contributed by atoms with Gasteiger partial charge in [0.15, 0.2) is 0 Å². The summed E-state index contributed by atoms with van der Waals surface area (Å²) in [5, 5.41) is 16.9. The molecule has 0 saturated heterocycles. The number of anilines is 1. The van der Waals surface area contributed by atoms with E-state index in [4.69, 9.17) is 0 Å². The quantitative estimate of drug-likeness (QED) is 0.256. The van der Waals surface area contributed by atoms with E-state index in [9.17, 15) is 14.7 Å². The maximum absolute atomic E-state index is 12.4. The van der Waals surface area contributed by atoms with E-state index in [1.807, 2.05) is 6.07 Å². The van der Waals surface area contributed by atoms with Gasteiger partial charge in [0.1, 0.15) is 5.75 Å². The van der Waals surface area contributed by atoms with Crippen LogP contribution in [0.2, 0.25) is 0 Å². The van der Waals surface area contributed by atoms with Crippen molar-refractivity contribution < 1.29 is 14.7 Å². The molecule has 0 aliphatic rings. The first-order valence-corrected chi connectivity index (χ1v) is 10.2. The van der Waals surface area contributed by atoms with Crippen LogP contribution in [-0.4, -0.2) is 23.1 Å². The molecule has 156 valence electrons. The molecule has 0 radical (unpaired) electrons. The number of rotatable bonds is 7. The Balaban J connectivity index is 1.66. The third-order valence-corrected chi connectivity index (χ3v) is 4.85. The Bertz CT molecular complexity index is 1160. The number of aromatic hydroxyl groups is 1. The molecule has 0 aliphatic carbocycles. The molecular formula is C24H20BrN3O3. The molecule has 0 atom stereocenters. The fourth-order valence-corrected chi connectivity index (χ4v) is 3.23. The minimum atomic E-state index is -0.448. The number of amides is 2. The van der Waals surface area contributed by atoms with Crippen LogP contribution in [-0.2, 0) is 6.42 Å². The van der Waals surface area contributed by atoms with E-state index in [0.717, 1.165) is 10.0 Å². The van der Waals surface area contributed by atoms with Crippen LogP contribution in [0.1, 0.15) is 31.8 Å². The fourth-order valence-electron chi connectivity index (χ4n) is 2.83. The van der Waals surface area contributed by atoms with Crippen LogP contribution in [0.15, 0.2) is 89.0 Å². The Morgan fingerprint density at radius 2 is 1.71 bits per heavy atom. The number of carbonyl (C=O) groups excluding carboxylic acids is 2. The molecule has 31 heavy (non-hydrogen) atoms. The van der Waals surface area contributed by atoms with Gasteiger partial charge in [-0.1, -0.05) is 46.3 Å². The minimum Gasteiger partial charge on any atom is -0.507 e. The Kier molecular flexibility index (Phi) is 7.35.